The van der Waals surface area contributed by atoms with Crippen LogP contribution in [0.1, 0.15) is 44.6 Å². The molecule has 0 spiro atoms. The van der Waals surface area contributed by atoms with E-state index in [0.717, 1.165) is 51.2 Å². The third-order valence-corrected chi connectivity index (χ3v) is 10.5. The maximum absolute atomic E-state index is 13.3. The van der Waals surface area contributed by atoms with Crippen LogP contribution in [0.5, 0.6) is 5.75 Å². The summed E-state index contributed by atoms with van der Waals surface area (Å²) >= 11 is 0. The highest BCUT2D eigenvalue weighted by atomic mass is 32.2. The van der Waals surface area contributed by atoms with Crippen molar-refractivity contribution in [2.75, 3.05) is 57.3 Å². The third kappa shape index (κ3) is 7.47. The summed E-state index contributed by atoms with van der Waals surface area (Å²) in [5.74, 6) is 0.987. The third-order valence-electron chi connectivity index (χ3n) is 8.60. The molecule has 41 heavy (non-hydrogen) atoms. The summed E-state index contributed by atoms with van der Waals surface area (Å²) < 4.78 is 33.6. The Kier molecular flexibility index (Phi) is 9.62. The molecule has 0 radical (unpaired) electrons. The Balaban J connectivity index is 1.10. The molecule has 10 heteroatoms. The number of sulfonamides is 1. The Hall–Kier alpha value is -2.95. The number of anilines is 1. The van der Waals surface area contributed by atoms with Gasteiger partial charge in [0.2, 0.25) is 15.9 Å². The highest BCUT2D eigenvalue weighted by Gasteiger charge is 2.32. The number of benzene rings is 2. The van der Waals surface area contributed by atoms with Crippen LogP contribution in [0.4, 0.5) is 5.69 Å². The van der Waals surface area contributed by atoms with Gasteiger partial charge in [-0.3, -0.25) is 14.5 Å². The van der Waals surface area contributed by atoms with Crippen LogP contribution in [0.25, 0.3) is 0 Å². The van der Waals surface area contributed by atoms with Gasteiger partial charge in [0.1, 0.15) is 12.3 Å². The Labute approximate surface area is 243 Å². The fraction of sp³-hybridized carbons (Fsp3) is 0.548. The molecule has 3 heterocycles. The first kappa shape index (κ1) is 29.5. The number of likely N-dealkylation sites (tertiary alicyclic amines) is 1. The van der Waals surface area contributed by atoms with Gasteiger partial charge in [0.15, 0.2) is 6.61 Å². The van der Waals surface area contributed by atoms with Gasteiger partial charge < -0.3 is 15.0 Å². The normalized spacial score (nSPS) is 19.5. The SMILES string of the molecule is CC1CCN(S(=O)(=O)c2ccc3c(c2)N(CC(=O)NCCCN2CCC(Cc4ccccc4)CC2)C(=O)CO3)CC1. The molecule has 5 rings (SSSR count). The molecule has 222 valence electrons. The smallest absolute Gasteiger partial charge is 0.265 e. The fourth-order valence-electron chi connectivity index (χ4n) is 5.98. The van der Waals surface area contributed by atoms with E-state index in [1.54, 1.807) is 6.07 Å². The lowest BCUT2D eigenvalue weighted by atomic mass is 9.90. The van der Waals surface area contributed by atoms with Crippen LogP contribution in [-0.2, 0) is 26.0 Å². The average Bonchev–Trinajstić information content (AvgIpc) is 2.98. The Morgan fingerprint density at radius 3 is 2.46 bits per heavy atom. The maximum Gasteiger partial charge on any atom is 0.265 e. The Bertz CT molecular complexity index is 1300. The largest absolute Gasteiger partial charge is 0.482 e. The summed E-state index contributed by atoms with van der Waals surface area (Å²) in [5.41, 5.74) is 1.73. The van der Waals surface area contributed by atoms with Crippen LogP contribution < -0.4 is 15.0 Å². The summed E-state index contributed by atoms with van der Waals surface area (Å²) in [7, 11) is -3.70. The molecule has 2 saturated heterocycles. The first-order valence-electron chi connectivity index (χ1n) is 14.9. The molecule has 9 nitrogen and oxygen atoms in total. The van der Waals surface area contributed by atoms with E-state index >= 15 is 0 Å². The zero-order valence-corrected chi connectivity index (χ0v) is 24.8. The van der Waals surface area contributed by atoms with Crippen molar-refractivity contribution in [2.24, 2.45) is 11.8 Å². The first-order valence-corrected chi connectivity index (χ1v) is 16.3. The average molecular weight is 583 g/mol. The molecule has 0 aliphatic carbocycles. The number of carbonyl (C=O) groups excluding carboxylic acids is 2. The summed E-state index contributed by atoms with van der Waals surface area (Å²) in [6.45, 7) is 6.33. The summed E-state index contributed by atoms with van der Waals surface area (Å²) in [6.07, 6.45) is 6.00. The minimum atomic E-state index is -3.70. The minimum Gasteiger partial charge on any atom is -0.482 e. The van der Waals surface area contributed by atoms with Crippen molar-refractivity contribution in [3.63, 3.8) is 0 Å². The number of ether oxygens (including phenoxy) is 1. The zero-order valence-electron chi connectivity index (χ0n) is 24.0. The molecule has 2 aromatic rings. The molecular weight excluding hydrogens is 540 g/mol. The van der Waals surface area contributed by atoms with Crippen LogP contribution in [0.15, 0.2) is 53.4 Å². The molecule has 2 amide bonds. The number of nitrogens with zero attached hydrogens (tertiary/aromatic N) is 3. The van der Waals surface area contributed by atoms with E-state index in [-0.39, 0.29) is 29.9 Å². The molecule has 1 N–H and O–H groups in total. The molecule has 0 atom stereocenters. The number of piperidine rings is 2. The molecule has 0 bridgehead atoms. The molecule has 0 saturated carbocycles. The van der Waals surface area contributed by atoms with Crippen LogP contribution in [-0.4, -0.2) is 81.9 Å². The van der Waals surface area contributed by atoms with Gasteiger partial charge in [-0.05, 0) is 93.8 Å². The van der Waals surface area contributed by atoms with Crippen molar-refractivity contribution in [3.8, 4) is 5.75 Å². The van der Waals surface area contributed by atoms with E-state index in [1.165, 1.54) is 39.7 Å². The van der Waals surface area contributed by atoms with Crippen molar-refractivity contribution < 1.29 is 22.7 Å². The number of carbonyl (C=O) groups is 2. The molecule has 0 unspecified atom stereocenters. The fourth-order valence-corrected chi connectivity index (χ4v) is 7.47. The van der Waals surface area contributed by atoms with E-state index in [0.29, 0.717) is 37.0 Å². The van der Waals surface area contributed by atoms with E-state index in [2.05, 4.69) is 47.5 Å². The lowest BCUT2D eigenvalue weighted by Crippen LogP contribution is -2.45. The lowest BCUT2D eigenvalue weighted by Gasteiger charge is -2.32. The van der Waals surface area contributed by atoms with Crippen LogP contribution in [0.3, 0.4) is 0 Å². The second-order valence-electron chi connectivity index (χ2n) is 11.7. The summed E-state index contributed by atoms with van der Waals surface area (Å²) in [6, 6.07) is 15.2. The first-order chi connectivity index (χ1) is 19.8. The van der Waals surface area contributed by atoms with Gasteiger partial charge in [-0.15, -0.1) is 0 Å². The minimum absolute atomic E-state index is 0.113. The van der Waals surface area contributed by atoms with Crippen LogP contribution in [0.2, 0.25) is 0 Å². The van der Waals surface area contributed by atoms with Gasteiger partial charge >= 0.3 is 0 Å². The van der Waals surface area contributed by atoms with Crippen LogP contribution >= 0.6 is 0 Å². The van der Waals surface area contributed by atoms with Gasteiger partial charge in [0, 0.05) is 19.6 Å². The Morgan fingerprint density at radius 2 is 1.73 bits per heavy atom. The molecule has 2 fully saturated rings. The van der Waals surface area contributed by atoms with Crippen LogP contribution in [0, 0.1) is 11.8 Å². The van der Waals surface area contributed by atoms with Crippen molar-refractivity contribution in [1.29, 1.82) is 0 Å². The van der Waals surface area contributed by atoms with Crippen molar-refractivity contribution in [1.82, 2.24) is 14.5 Å². The predicted octanol–water partition coefficient (Wildman–Crippen LogP) is 3.29. The number of rotatable bonds is 10. The van der Waals surface area contributed by atoms with Gasteiger partial charge in [-0.25, -0.2) is 8.42 Å². The van der Waals surface area contributed by atoms with Gasteiger partial charge in [0.05, 0.1) is 10.6 Å². The number of amides is 2. The second kappa shape index (κ2) is 13.4. The highest BCUT2D eigenvalue weighted by molar-refractivity contribution is 7.89. The van der Waals surface area contributed by atoms with Gasteiger partial charge in [-0.1, -0.05) is 37.3 Å². The number of hydrogen-bond acceptors (Lipinski definition) is 6. The van der Waals surface area contributed by atoms with E-state index < -0.39 is 10.0 Å². The summed E-state index contributed by atoms with van der Waals surface area (Å²) in [5, 5.41) is 2.94. The second-order valence-corrected chi connectivity index (χ2v) is 13.6. The molecule has 2 aromatic carbocycles. The Morgan fingerprint density at radius 1 is 1.00 bits per heavy atom. The maximum atomic E-state index is 13.3. The number of hydrogen-bond donors (Lipinski definition) is 1. The molecule has 3 aliphatic heterocycles. The zero-order chi connectivity index (χ0) is 28.8. The standard InChI is InChI=1S/C31H42N4O5S/c1-24-10-18-34(19-11-24)41(38,39)27-8-9-29-28(21-27)35(31(37)23-40-29)22-30(36)32-14-5-15-33-16-12-26(13-17-33)20-25-6-3-2-4-7-25/h2-4,6-9,21,24,26H,5,10-20,22-23H2,1H3,(H,32,36). The molecule has 3 aliphatic rings. The quantitative estimate of drug-likeness (QED) is 0.432. The monoisotopic (exact) mass is 582 g/mol. The van der Waals surface area contributed by atoms with E-state index in [1.807, 2.05) is 0 Å². The van der Waals surface area contributed by atoms with Crippen molar-refractivity contribution in [3.05, 3.63) is 54.1 Å². The van der Waals surface area contributed by atoms with Crippen molar-refractivity contribution >= 4 is 27.5 Å². The van der Waals surface area contributed by atoms with Gasteiger partial charge in [0.25, 0.3) is 5.91 Å². The van der Waals surface area contributed by atoms with E-state index in [4.69, 9.17) is 4.74 Å². The van der Waals surface area contributed by atoms with E-state index in [9.17, 15) is 18.0 Å². The number of fused-ring (bicyclic) bond motifs is 1. The molecule has 0 aromatic heterocycles. The predicted molar refractivity (Wildman–Crippen MR) is 158 cm³/mol. The topological polar surface area (TPSA) is 99.3 Å². The number of nitrogens with one attached hydrogen (secondary N) is 1. The highest BCUT2D eigenvalue weighted by Crippen LogP contribution is 2.35. The van der Waals surface area contributed by atoms with Gasteiger partial charge in [-0.2, -0.15) is 4.31 Å². The lowest BCUT2D eigenvalue weighted by molar-refractivity contribution is -0.125. The van der Waals surface area contributed by atoms with Crippen molar-refractivity contribution in [2.45, 2.75) is 50.3 Å². The molecular formula is C31H42N4O5S. The summed E-state index contributed by atoms with van der Waals surface area (Å²) in [4.78, 5) is 29.4.